The molecule has 166 valence electrons. The predicted octanol–water partition coefficient (Wildman–Crippen LogP) is 2.98. The van der Waals surface area contributed by atoms with Gasteiger partial charge in [0.05, 0.1) is 10.7 Å². The summed E-state index contributed by atoms with van der Waals surface area (Å²) >= 11 is 6.22. The molecule has 0 radical (unpaired) electrons. The molecule has 8 heteroatoms. The van der Waals surface area contributed by atoms with E-state index in [1.54, 1.807) is 27.9 Å². The Balaban J connectivity index is 1.22. The van der Waals surface area contributed by atoms with Crippen molar-refractivity contribution in [1.29, 1.82) is 0 Å². The van der Waals surface area contributed by atoms with Crippen LogP contribution >= 0.6 is 11.6 Å². The van der Waals surface area contributed by atoms with Crippen LogP contribution in [0.2, 0.25) is 5.02 Å². The minimum Gasteiger partial charge on any atom is -0.356 e. The van der Waals surface area contributed by atoms with Gasteiger partial charge in [0.2, 0.25) is 5.91 Å². The van der Waals surface area contributed by atoms with Crippen molar-refractivity contribution in [2.45, 2.75) is 32.1 Å². The number of likely N-dealkylation sites (tertiary alicyclic amines) is 2. The van der Waals surface area contributed by atoms with Crippen molar-refractivity contribution in [2.24, 2.45) is 5.92 Å². The number of piperidine rings is 1. The molecule has 2 aliphatic heterocycles. The Bertz CT molecular complexity index is 901. The summed E-state index contributed by atoms with van der Waals surface area (Å²) < 4.78 is 1.62. The van der Waals surface area contributed by atoms with Crippen molar-refractivity contribution in [2.75, 3.05) is 39.3 Å². The second-order valence-corrected chi connectivity index (χ2v) is 8.76. The maximum Gasteiger partial charge on any atom is 0.274 e. The number of amides is 2. The van der Waals surface area contributed by atoms with Gasteiger partial charge in [-0.3, -0.25) is 9.59 Å². The van der Waals surface area contributed by atoms with Gasteiger partial charge < -0.3 is 15.1 Å². The number of rotatable bonds is 7. The van der Waals surface area contributed by atoms with Gasteiger partial charge in [0.15, 0.2) is 5.69 Å². The molecule has 0 bridgehead atoms. The molecule has 0 spiro atoms. The normalized spacial score (nSPS) is 17.8. The van der Waals surface area contributed by atoms with E-state index < -0.39 is 0 Å². The summed E-state index contributed by atoms with van der Waals surface area (Å²) in [4.78, 5) is 29.6. The van der Waals surface area contributed by atoms with Crippen LogP contribution in [0.15, 0.2) is 36.5 Å². The zero-order valence-corrected chi connectivity index (χ0v) is 18.6. The predicted molar refractivity (Wildman–Crippen MR) is 121 cm³/mol. The fourth-order valence-corrected chi connectivity index (χ4v) is 4.60. The number of nitrogens with one attached hydrogen (secondary N) is 1. The van der Waals surface area contributed by atoms with Crippen molar-refractivity contribution in [3.8, 4) is 5.69 Å². The van der Waals surface area contributed by atoms with Crippen molar-refractivity contribution in [3.63, 3.8) is 0 Å². The number of carbonyl (C=O) groups excluding carboxylic acids is 2. The van der Waals surface area contributed by atoms with Crippen LogP contribution in [0, 0.1) is 5.92 Å². The maximum absolute atomic E-state index is 12.9. The summed E-state index contributed by atoms with van der Waals surface area (Å²) in [7, 11) is 0. The van der Waals surface area contributed by atoms with Crippen LogP contribution in [0.4, 0.5) is 0 Å². The molecule has 0 atom stereocenters. The van der Waals surface area contributed by atoms with E-state index in [2.05, 4.69) is 15.3 Å². The Morgan fingerprint density at radius 3 is 2.55 bits per heavy atom. The lowest BCUT2D eigenvalue weighted by Crippen LogP contribution is -2.43. The van der Waals surface area contributed by atoms with Crippen molar-refractivity contribution in [3.05, 3.63) is 47.2 Å². The molecule has 1 aromatic carbocycles. The first-order valence-corrected chi connectivity index (χ1v) is 11.6. The van der Waals surface area contributed by atoms with E-state index in [9.17, 15) is 9.59 Å². The van der Waals surface area contributed by atoms with Crippen LogP contribution in [-0.2, 0) is 4.79 Å². The molecule has 2 fully saturated rings. The van der Waals surface area contributed by atoms with Gasteiger partial charge >= 0.3 is 0 Å². The van der Waals surface area contributed by atoms with Crippen molar-refractivity contribution >= 4 is 23.4 Å². The van der Waals surface area contributed by atoms with Gasteiger partial charge in [-0.15, -0.1) is 0 Å². The van der Waals surface area contributed by atoms with E-state index >= 15 is 0 Å². The first-order valence-electron chi connectivity index (χ1n) is 11.2. The van der Waals surface area contributed by atoms with Crippen molar-refractivity contribution in [1.82, 2.24) is 24.9 Å². The van der Waals surface area contributed by atoms with Gasteiger partial charge in [-0.1, -0.05) is 23.7 Å². The molecule has 2 aliphatic rings. The van der Waals surface area contributed by atoms with E-state index in [1.807, 2.05) is 18.2 Å². The number of halogens is 1. The molecule has 2 aromatic rings. The Hall–Kier alpha value is -2.38. The monoisotopic (exact) mass is 443 g/mol. The number of hydrogen-bond acceptors (Lipinski definition) is 4. The summed E-state index contributed by atoms with van der Waals surface area (Å²) in [6.45, 7) is 5.32. The SMILES string of the molecule is O=C(NCCCN1CCCC1)C1CCN(C(=O)c2ccn(-c3ccccc3Cl)n2)CC1. The minimum absolute atomic E-state index is 0.0171. The van der Waals surface area contributed by atoms with Gasteiger partial charge in [0.1, 0.15) is 0 Å². The molecule has 7 nitrogen and oxygen atoms in total. The molecule has 0 saturated carbocycles. The molecule has 0 aliphatic carbocycles. The molecular formula is C23H30ClN5O2. The van der Waals surface area contributed by atoms with Crippen LogP contribution in [0.3, 0.4) is 0 Å². The molecule has 3 heterocycles. The first kappa shape index (κ1) is 21.8. The topological polar surface area (TPSA) is 70.5 Å². The Kier molecular flexibility index (Phi) is 7.25. The fourth-order valence-electron chi connectivity index (χ4n) is 4.38. The highest BCUT2D eigenvalue weighted by Crippen LogP contribution is 2.21. The number of para-hydroxylation sites is 1. The summed E-state index contributed by atoms with van der Waals surface area (Å²) in [5.74, 6) is 0.00307. The smallest absolute Gasteiger partial charge is 0.274 e. The summed E-state index contributed by atoms with van der Waals surface area (Å²) in [5, 5.41) is 8.07. The highest BCUT2D eigenvalue weighted by Gasteiger charge is 2.28. The van der Waals surface area contributed by atoms with Crippen LogP contribution in [0.1, 0.15) is 42.6 Å². The number of benzene rings is 1. The lowest BCUT2D eigenvalue weighted by atomic mass is 9.95. The van der Waals surface area contributed by atoms with E-state index in [0.29, 0.717) is 36.6 Å². The number of hydrogen-bond donors (Lipinski definition) is 1. The van der Waals surface area contributed by atoms with Crippen LogP contribution in [0.5, 0.6) is 0 Å². The molecule has 1 aromatic heterocycles. The Morgan fingerprint density at radius 1 is 1.06 bits per heavy atom. The summed E-state index contributed by atoms with van der Waals surface area (Å²) in [6.07, 6.45) is 6.71. The molecule has 2 amide bonds. The van der Waals surface area contributed by atoms with Crippen LogP contribution in [-0.4, -0.2) is 70.7 Å². The van der Waals surface area contributed by atoms with E-state index in [-0.39, 0.29) is 17.7 Å². The third kappa shape index (κ3) is 5.46. The largest absolute Gasteiger partial charge is 0.356 e. The molecule has 0 unspecified atom stereocenters. The average Bonchev–Trinajstić information content (AvgIpc) is 3.49. The van der Waals surface area contributed by atoms with E-state index in [4.69, 9.17) is 11.6 Å². The summed E-state index contributed by atoms with van der Waals surface area (Å²) in [6, 6.07) is 9.11. The maximum atomic E-state index is 12.9. The van der Waals surface area contributed by atoms with Gasteiger partial charge in [0.25, 0.3) is 5.91 Å². The molecular weight excluding hydrogens is 414 g/mol. The standard InChI is InChI=1S/C23H30ClN5O2/c24-19-6-1-2-7-21(19)29-17-10-20(26-29)23(31)28-15-8-18(9-16-28)22(30)25-11-5-14-27-12-3-4-13-27/h1-2,6-7,10,17-18H,3-5,8-9,11-16H2,(H,25,30). The van der Waals surface area contributed by atoms with Crippen LogP contribution < -0.4 is 5.32 Å². The lowest BCUT2D eigenvalue weighted by molar-refractivity contribution is -0.126. The second-order valence-electron chi connectivity index (χ2n) is 8.36. The highest BCUT2D eigenvalue weighted by molar-refractivity contribution is 6.32. The van der Waals surface area contributed by atoms with E-state index in [1.165, 1.54) is 25.9 Å². The third-order valence-corrected chi connectivity index (χ3v) is 6.53. The Morgan fingerprint density at radius 2 is 1.81 bits per heavy atom. The van der Waals surface area contributed by atoms with Crippen molar-refractivity contribution < 1.29 is 9.59 Å². The first-order chi connectivity index (χ1) is 15.1. The van der Waals surface area contributed by atoms with Gasteiger partial charge in [-0.05, 0) is 69.9 Å². The average molecular weight is 444 g/mol. The highest BCUT2D eigenvalue weighted by atomic mass is 35.5. The number of nitrogens with zero attached hydrogens (tertiary/aromatic N) is 4. The number of carbonyl (C=O) groups is 2. The minimum atomic E-state index is -0.102. The second kappa shape index (κ2) is 10.3. The van der Waals surface area contributed by atoms with Gasteiger partial charge in [0, 0.05) is 31.7 Å². The van der Waals surface area contributed by atoms with Gasteiger partial charge in [-0.2, -0.15) is 5.10 Å². The fraction of sp³-hybridized carbons (Fsp3) is 0.522. The zero-order chi connectivity index (χ0) is 21.6. The molecule has 4 rings (SSSR count). The number of aromatic nitrogens is 2. The van der Waals surface area contributed by atoms with Crippen LogP contribution in [0.25, 0.3) is 5.69 Å². The molecule has 31 heavy (non-hydrogen) atoms. The summed E-state index contributed by atoms with van der Waals surface area (Å²) in [5.41, 5.74) is 1.13. The Labute approximate surface area is 188 Å². The van der Waals surface area contributed by atoms with E-state index in [0.717, 1.165) is 25.2 Å². The zero-order valence-electron chi connectivity index (χ0n) is 17.8. The third-order valence-electron chi connectivity index (χ3n) is 6.21. The van der Waals surface area contributed by atoms with Gasteiger partial charge in [-0.25, -0.2) is 4.68 Å². The quantitative estimate of drug-likeness (QED) is 0.668. The molecule has 1 N–H and O–H groups in total. The lowest BCUT2D eigenvalue weighted by Gasteiger charge is -2.31. The molecule has 2 saturated heterocycles.